The van der Waals surface area contributed by atoms with E-state index in [0.717, 1.165) is 26.1 Å². The molecule has 1 unspecified atom stereocenters. The van der Waals surface area contributed by atoms with E-state index in [0.29, 0.717) is 21.9 Å². The minimum atomic E-state index is 0.0919. The van der Waals surface area contributed by atoms with Crippen LogP contribution < -0.4 is 5.32 Å². The molecule has 0 spiro atoms. The highest BCUT2D eigenvalue weighted by molar-refractivity contribution is 7.12. The van der Waals surface area contributed by atoms with E-state index in [1.54, 1.807) is 6.07 Å². The second kappa shape index (κ2) is 6.73. The Morgan fingerprint density at radius 1 is 1.63 bits per heavy atom. The van der Waals surface area contributed by atoms with E-state index in [1.807, 2.05) is 10.3 Å². The van der Waals surface area contributed by atoms with Gasteiger partial charge < -0.3 is 10.2 Å². The fourth-order valence-electron chi connectivity index (χ4n) is 2.41. The van der Waals surface area contributed by atoms with Crippen molar-refractivity contribution in [1.82, 2.24) is 10.2 Å². The van der Waals surface area contributed by atoms with Gasteiger partial charge in [0.15, 0.2) is 0 Å². The molecule has 3 nitrogen and oxygen atoms in total. The molecule has 1 amide bonds. The maximum atomic E-state index is 12.4. The van der Waals surface area contributed by atoms with Crippen molar-refractivity contribution in [2.75, 3.05) is 19.6 Å². The summed E-state index contributed by atoms with van der Waals surface area (Å²) >= 11 is 7.48. The monoisotopic (exact) mass is 300 g/mol. The van der Waals surface area contributed by atoms with Crippen molar-refractivity contribution in [1.29, 1.82) is 0 Å². The molecule has 0 radical (unpaired) electrons. The number of hydrogen-bond donors (Lipinski definition) is 1. The van der Waals surface area contributed by atoms with Crippen LogP contribution >= 0.6 is 22.9 Å². The molecule has 0 aromatic carbocycles. The van der Waals surface area contributed by atoms with Crippen molar-refractivity contribution in [2.45, 2.75) is 32.7 Å². The fourth-order valence-corrected chi connectivity index (χ4v) is 3.51. The number of rotatable bonds is 4. The number of carbonyl (C=O) groups is 1. The maximum absolute atomic E-state index is 12.4. The Kier molecular flexibility index (Phi) is 5.25. The molecule has 5 heteroatoms. The van der Waals surface area contributed by atoms with Crippen LogP contribution in [-0.4, -0.2) is 36.5 Å². The van der Waals surface area contributed by atoms with Crippen LogP contribution in [0.15, 0.2) is 11.4 Å². The normalized spacial score (nSPS) is 20.0. The average Bonchev–Trinajstić information content (AvgIpc) is 2.82. The Balaban J connectivity index is 1.94. The van der Waals surface area contributed by atoms with E-state index < -0.39 is 0 Å². The summed E-state index contributed by atoms with van der Waals surface area (Å²) < 4.78 is 0. The minimum Gasteiger partial charge on any atom is -0.338 e. The van der Waals surface area contributed by atoms with Gasteiger partial charge in [-0.3, -0.25) is 4.79 Å². The van der Waals surface area contributed by atoms with E-state index in [2.05, 4.69) is 19.2 Å². The van der Waals surface area contributed by atoms with Crippen LogP contribution in [0.3, 0.4) is 0 Å². The van der Waals surface area contributed by atoms with Crippen LogP contribution in [0.4, 0.5) is 0 Å². The van der Waals surface area contributed by atoms with Crippen molar-refractivity contribution in [3.8, 4) is 0 Å². The lowest BCUT2D eigenvalue weighted by Gasteiger charge is -2.33. The third kappa shape index (κ3) is 3.94. The van der Waals surface area contributed by atoms with Crippen molar-refractivity contribution in [2.24, 2.45) is 5.92 Å². The lowest BCUT2D eigenvalue weighted by Crippen LogP contribution is -2.43. The summed E-state index contributed by atoms with van der Waals surface area (Å²) in [5.74, 6) is 0.646. The fraction of sp³-hybridized carbons (Fsp3) is 0.643. The molecule has 0 saturated carbocycles. The standard InChI is InChI=1S/C14H21ClN2OS/c1-10(2)16-8-11-4-3-6-17(9-11)14(18)13-12(15)5-7-19-13/h5,7,10-11,16H,3-4,6,8-9H2,1-2H3. The lowest BCUT2D eigenvalue weighted by molar-refractivity contribution is 0.0677. The first kappa shape index (κ1) is 14.8. The second-order valence-electron chi connectivity index (χ2n) is 5.42. The Hall–Kier alpha value is -0.580. The van der Waals surface area contributed by atoms with Crippen molar-refractivity contribution < 1.29 is 4.79 Å². The summed E-state index contributed by atoms with van der Waals surface area (Å²) in [6.07, 6.45) is 2.28. The molecule has 0 bridgehead atoms. The molecular weight excluding hydrogens is 280 g/mol. The molecule has 1 N–H and O–H groups in total. The average molecular weight is 301 g/mol. The lowest BCUT2D eigenvalue weighted by atomic mass is 9.97. The Labute approximate surface area is 123 Å². The second-order valence-corrected chi connectivity index (χ2v) is 6.74. The number of hydrogen-bond acceptors (Lipinski definition) is 3. The number of nitrogens with zero attached hydrogens (tertiary/aromatic N) is 1. The van der Waals surface area contributed by atoms with Crippen molar-refractivity contribution >= 4 is 28.8 Å². The number of amides is 1. The summed E-state index contributed by atoms with van der Waals surface area (Å²) in [6, 6.07) is 2.29. The molecule has 1 fully saturated rings. The summed E-state index contributed by atoms with van der Waals surface area (Å²) in [7, 11) is 0. The number of halogens is 1. The Bertz CT molecular complexity index is 433. The predicted molar refractivity (Wildman–Crippen MR) is 81.1 cm³/mol. The SMILES string of the molecule is CC(C)NCC1CCCN(C(=O)c2sccc2Cl)C1. The molecule has 19 heavy (non-hydrogen) atoms. The number of carbonyl (C=O) groups excluding carboxylic acids is 1. The first-order valence-electron chi connectivity index (χ1n) is 6.83. The van der Waals surface area contributed by atoms with Gasteiger partial charge in [0.1, 0.15) is 4.88 Å². The highest BCUT2D eigenvalue weighted by Gasteiger charge is 2.26. The zero-order valence-electron chi connectivity index (χ0n) is 11.5. The molecule has 1 aromatic rings. The highest BCUT2D eigenvalue weighted by Crippen LogP contribution is 2.26. The van der Waals surface area contributed by atoms with Gasteiger partial charge in [0.25, 0.3) is 5.91 Å². The van der Waals surface area contributed by atoms with E-state index in [9.17, 15) is 4.79 Å². The third-order valence-corrected chi connectivity index (χ3v) is 4.76. The summed E-state index contributed by atoms with van der Waals surface area (Å²) in [4.78, 5) is 15.0. The van der Waals surface area contributed by atoms with E-state index in [-0.39, 0.29) is 5.91 Å². The number of likely N-dealkylation sites (tertiary alicyclic amines) is 1. The van der Waals surface area contributed by atoms with Crippen LogP contribution in [0.1, 0.15) is 36.4 Å². The quantitative estimate of drug-likeness (QED) is 0.926. The van der Waals surface area contributed by atoms with Gasteiger partial charge in [-0.1, -0.05) is 25.4 Å². The van der Waals surface area contributed by atoms with Crippen LogP contribution in [0.5, 0.6) is 0 Å². The molecule has 1 aliphatic rings. The van der Waals surface area contributed by atoms with Gasteiger partial charge in [0, 0.05) is 19.1 Å². The summed E-state index contributed by atoms with van der Waals surface area (Å²) in [6.45, 7) is 6.98. The molecule has 1 atom stereocenters. The molecule has 1 saturated heterocycles. The molecule has 2 rings (SSSR count). The zero-order valence-corrected chi connectivity index (χ0v) is 13.1. The third-order valence-electron chi connectivity index (χ3n) is 3.43. The van der Waals surface area contributed by atoms with Gasteiger partial charge in [-0.15, -0.1) is 11.3 Å². The number of piperidine rings is 1. The van der Waals surface area contributed by atoms with Crippen LogP contribution in [0.2, 0.25) is 5.02 Å². The topological polar surface area (TPSA) is 32.3 Å². The first-order chi connectivity index (χ1) is 9.08. The number of thiophene rings is 1. The van der Waals surface area contributed by atoms with Crippen molar-refractivity contribution in [3.05, 3.63) is 21.3 Å². The summed E-state index contributed by atoms with van der Waals surface area (Å²) in [5, 5.41) is 5.91. The molecule has 1 aliphatic heterocycles. The van der Waals surface area contributed by atoms with Crippen LogP contribution in [0.25, 0.3) is 0 Å². The van der Waals surface area contributed by atoms with Crippen LogP contribution in [-0.2, 0) is 0 Å². The van der Waals surface area contributed by atoms with E-state index in [1.165, 1.54) is 17.8 Å². The van der Waals surface area contributed by atoms with Gasteiger partial charge in [-0.25, -0.2) is 0 Å². The van der Waals surface area contributed by atoms with Gasteiger partial charge >= 0.3 is 0 Å². The van der Waals surface area contributed by atoms with Gasteiger partial charge in [-0.05, 0) is 36.8 Å². The number of nitrogens with one attached hydrogen (secondary N) is 1. The molecule has 106 valence electrons. The molecule has 2 heterocycles. The predicted octanol–water partition coefficient (Wildman–Crippen LogP) is 3.25. The Morgan fingerprint density at radius 3 is 3.05 bits per heavy atom. The largest absolute Gasteiger partial charge is 0.338 e. The van der Waals surface area contributed by atoms with Gasteiger partial charge in [0.05, 0.1) is 5.02 Å². The zero-order chi connectivity index (χ0) is 13.8. The minimum absolute atomic E-state index is 0.0919. The molecule has 1 aromatic heterocycles. The van der Waals surface area contributed by atoms with Crippen molar-refractivity contribution in [3.63, 3.8) is 0 Å². The highest BCUT2D eigenvalue weighted by atomic mass is 35.5. The summed E-state index contributed by atoms with van der Waals surface area (Å²) in [5.41, 5.74) is 0. The smallest absolute Gasteiger partial charge is 0.265 e. The van der Waals surface area contributed by atoms with E-state index in [4.69, 9.17) is 11.6 Å². The maximum Gasteiger partial charge on any atom is 0.265 e. The molecular formula is C14H21ClN2OS. The van der Waals surface area contributed by atoms with E-state index >= 15 is 0 Å². The van der Waals surface area contributed by atoms with Gasteiger partial charge in [-0.2, -0.15) is 0 Å². The first-order valence-corrected chi connectivity index (χ1v) is 8.09. The van der Waals surface area contributed by atoms with Crippen LogP contribution in [0, 0.1) is 5.92 Å². The van der Waals surface area contributed by atoms with Gasteiger partial charge in [0.2, 0.25) is 0 Å². The molecule has 0 aliphatic carbocycles. The Morgan fingerprint density at radius 2 is 2.42 bits per heavy atom.